The zero-order valence-corrected chi connectivity index (χ0v) is 13.0. The van der Waals surface area contributed by atoms with Crippen LogP contribution >= 0.6 is 0 Å². The lowest BCUT2D eigenvalue weighted by molar-refractivity contribution is -0.0789. The molecule has 3 atom stereocenters. The van der Waals surface area contributed by atoms with Crippen LogP contribution < -0.4 is 0 Å². The van der Waals surface area contributed by atoms with Gasteiger partial charge in [0, 0.05) is 19.4 Å². The van der Waals surface area contributed by atoms with E-state index in [4.69, 9.17) is 9.47 Å². The van der Waals surface area contributed by atoms with Crippen molar-refractivity contribution in [3.8, 4) is 0 Å². The minimum absolute atomic E-state index is 0.147. The first-order valence-corrected chi connectivity index (χ1v) is 7.36. The molecule has 0 spiro atoms. The predicted octanol–water partition coefficient (Wildman–Crippen LogP) is 3.34. The Kier molecular flexibility index (Phi) is 7.49. The molecule has 1 aliphatic rings. The maximum Gasteiger partial charge on any atom is 0.271 e. The topological polar surface area (TPSA) is 38.7 Å². The van der Waals surface area contributed by atoms with Gasteiger partial charge in [0.2, 0.25) is 0 Å². The van der Waals surface area contributed by atoms with Gasteiger partial charge in [0.25, 0.3) is 5.92 Å². The molecule has 5 heteroatoms. The summed E-state index contributed by atoms with van der Waals surface area (Å²) in [7, 11) is 1.53. The fourth-order valence-electron chi connectivity index (χ4n) is 2.37. The van der Waals surface area contributed by atoms with Crippen LogP contribution in [0, 0.1) is 5.92 Å². The maximum absolute atomic E-state index is 13.5. The summed E-state index contributed by atoms with van der Waals surface area (Å²) >= 11 is 0. The maximum atomic E-state index is 13.5. The molecular weight excluding hydrogens is 278 g/mol. The second-order valence-corrected chi connectivity index (χ2v) is 5.73. The van der Waals surface area contributed by atoms with Crippen LogP contribution in [-0.2, 0) is 9.47 Å². The first kappa shape index (κ1) is 18.3. The van der Waals surface area contributed by atoms with Crippen molar-refractivity contribution in [3.05, 3.63) is 23.8 Å². The van der Waals surface area contributed by atoms with Gasteiger partial charge in [0.15, 0.2) is 0 Å². The van der Waals surface area contributed by atoms with Gasteiger partial charge in [-0.05, 0) is 19.8 Å². The Bertz CT molecular complexity index is 367. The number of hydrogen-bond donors (Lipinski definition) is 1. The number of rotatable bonds is 1. The number of hydrogen-bond acceptors (Lipinski definition) is 3. The molecule has 0 bridgehead atoms. The molecule has 1 heterocycles. The van der Waals surface area contributed by atoms with Crippen LogP contribution in [-0.4, -0.2) is 43.6 Å². The van der Waals surface area contributed by atoms with Crippen molar-refractivity contribution < 1.29 is 23.4 Å². The summed E-state index contributed by atoms with van der Waals surface area (Å²) in [4.78, 5) is 0. The summed E-state index contributed by atoms with van der Waals surface area (Å²) in [6.45, 7) is 3.28. The number of halogens is 2. The highest BCUT2D eigenvalue weighted by Crippen LogP contribution is 2.23. The van der Waals surface area contributed by atoms with Gasteiger partial charge >= 0.3 is 0 Å². The van der Waals surface area contributed by atoms with E-state index in [2.05, 4.69) is 0 Å². The molecule has 0 aromatic carbocycles. The molecule has 0 aliphatic carbocycles. The largest absolute Gasteiger partial charge is 0.389 e. The third-order valence-electron chi connectivity index (χ3n) is 3.58. The Labute approximate surface area is 125 Å². The highest BCUT2D eigenvalue weighted by atomic mass is 19.3. The Balaban J connectivity index is 2.82. The molecule has 0 aromatic rings. The number of aliphatic hydroxyl groups is 1. The quantitative estimate of drug-likeness (QED) is 0.755. The van der Waals surface area contributed by atoms with Crippen molar-refractivity contribution >= 4 is 0 Å². The molecule has 0 radical (unpaired) electrons. The lowest BCUT2D eigenvalue weighted by atomic mass is 9.96. The van der Waals surface area contributed by atoms with Gasteiger partial charge in [-0.3, -0.25) is 0 Å². The van der Waals surface area contributed by atoms with Crippen molar-refractivity contribution in [1.82, 2.24) is 0 Å². The molecule has 1 rings (SSSR count). The second-order valence-electron chi connectivity index (χ2n) is 5.73. The Morgan fingerprint density at radius 1 is 1.43 bits per heavy atom. The number of methoxy groups -OCH3 is 1. The molecule has 0 amide bonds. The van der Waals surface area contributed by atoms with E-state index in [0.717, 1.165) is 5.57 Å². The molecule has 0 fully saturated rings. The van der Waals surface area contributed by atoms with E-state index in [9.17, 15) is 13.9 Å². The van der Waals surface area contributed by atoms with Crippen LogP contribution in [0.4, 0.5) is 8.78 Å². The highest BCUT2D eigenvalue weighted by molar-refractivity contribution is 5.05. The monoisotopic (exact) mass is 304 g/mol. The minimum atomic E-state index is -2.79. The van der Waals surface area contributed by atoms with Gasteiger partial charge in [-0.2, -0.15) is 0 Å². The van der Waals surface area contributed by atoms with Gasteiger partial charge in [0.05, 0.1) is 12.7 Å². The average Bonchev–Trinajstić information content (AvgIpc) is 2.40. The predicted molar refractivity (Wildman–Crippen MR) is 78.5 cm³/mol. The smallest absolute Gasteiger partial charge is 0.271 e. The van der Waals surface area contributed by atoms with Gasteiger partial charge < -0.3 is 14.6 Å². The fraction of sp³-hybridized carbons (Fsp3) is 0.750. The lowest BCUT2D eigenvalue weighted by Gasteiger charge is -2.23. The summed E-state index contributed by atoms with van der Waals surface area (Å²) in [5.74, 6) is -2.93. The van der Waals surface area contributed by atoms with Gasteiger partial charge in [0.1, 0.15) is 12.7 Å². The molecule has 0 saturated carbocycles. The zero-order chi connectivity index (χ0) is 15.9. The fourth-order valence-corrected chi connectivity index (χ4v) is 2.37. The van der Waals surface area contributed by atoms with Gasteiger partial charge in [-0.1, -0.05) is 30.7 Å². The SMILES string of the molecule is CO[C@H]1/C=C/CCCC(F)(F)COC/C(C)=C\[C@@H](C)[C@@H]1O. The number of ether oxygens (including phenoxy) is 2. The summed E-state index contributed by atoms with van der Waals surface area (Å²) in [5.41, 5.74) is 0.827. The van der Waals surface area contributed by atoms with Crippen LogP contribution in [0.1, 0.15) is 33.1 Å². The number of alkyl halides is 2. The van der Waals surface area contributed by atoms with Crippen molar-refractivity contribution in [2.24, 2.45) is 5.92 Å². The lowest BCUT2D eigenvalue weighted by Crippen LogP contribution is -2.31. The van der Waals surface area contributed by atoms with Crippen LogP contribution in [0.3, 0.4) is 0 Å². The van der Waals surface area contributed by atoms with E-state index in [1.54, 1.807) is 12.2 Å². The minimum Gasteiger partial charge on any atom is -0.389 e. The van der Waals surface area contributed by atoms with Crippen molar-refractivity contribution in [3.63, 3.8) is 0 Å². The first-order chi connectivity index (χ1) is 9.85. The molecule has 0 aromatic heterocycles. The highest BCUT2D eigenvalue weighted by Gasteiger charge is 2.28. The average molecular weight is 304 g/mol. The molecular formula is C16H26F2O3. The van der Waals surface area contributed by atoms with E-state index >= 15 is 0 Å². The van der Waals surface area contributed by atoms with E-state index in [1.165, 1.54) is 7.11 Å². The standard InChI is InChI=1S/C16H26F2O3/c1-12-9-13(2)15(19)14(20-3)7-5-4-6-8-16(17,18)11-21-10-12/h5,7,9,13-15,19H,4,6,8,10-11H2,1-3H3/b7-5+,12-9-/t13-,14+,15+/m1/s1. The van der Waals surface area contributed by atoms with Crippen LogP contribution in [0.25, 0.3) is 0 Å². The van der Waals surface area contributed by atoms with Crippen molar-refractivity contribution in [2.45, 2.75) is 51.2 Å². The summed E-state index contributed by atoms with van der Waals surface area (Å²) in [6.07, 6.45) is 4.99. The zero-order valence-electron chi connectivity index (χ0n) is 13.0. The molecule has 0 saturated heterocycles. The van der Waals surface area contributed by atoms with E-state index < -0.39 is 24.7 Å². The Morgan fingerprint density at radius 2 is 2.14 bits per heavy atom. The van der Waals surface area contributed by atoms with E-state index in [0.29, 0.717) is 12.8 Å². The first-order valence-electron chi connectivity index (χ1n) is 7.36. The molecule has 21 heavy (non-hydrogen) atoms. The molecule has 0 unspecified atom stereocenters. The normalized spacial score (nSPS) is 36.3. The third kappa shape index (κ3) is 6.68. The Morgan fingerprint density at radius 3 is 2.81 bits per heavy atom. The van der Waals surface area contributed by atoms with Crippen LogP contribution in [0.5, 0.6) is 0 Å². The molecule has 1 aliphatic heterocycles. The summed E-state index contributed by atoms with van der Waals surface area (Å²) in [5, 5.41) is 10.3. The second kappa shape index (κ2) is 8.61. The van der Waals surface area contributed by atoms with Crippen molar-refractivity contribution in [1.29, 1.82) is 0 Å². The molecule has 3 nitrogen and oxygen atoms in total. The molecule has 122 valence electrons. The van der Waals surface area contributed by atoms with Crippen LogP contribution in [0.15, 0.2) is 23.8 Å². The van der Waals surface area contributed by atoms with Gasteiger partial charge in [-0.15, -0.1) is 0 Å². The Hall–Kier alpha value is -0.780. The summed E-state index contributed by atoms with van der Waals surface area (Å²) < 4.78 is 37.5. The molecule has 1 N–H and O–H groups in total. The van der Waals surface area contributed by atoms with Crippen molar-refractivity contribution in [2.75, 3.05) is 20.3 Å². The van der Waals surface area contributed by atoms with E-state index in [1.807, 2.05) is 19.9 Å². The number of allylic oxidation sites excluding steroid dienone is 1. The third-order valence-corrected chi connectivity index (χ3v) is 3.58. The van der Waals surface area contributed by atoms with Gasteiger partial charge in [-0.25, -0.2) is 8.78 Å². The van der Waals surface area contributed by atoms with Crippen LogP contribution in [0.2, 0.25) is 0 Å². The van der Waals surface area contributed by atoms with E-state index in [-0.39, 0.29) is 18.9 Å². The number of aliphatic hydroxyl groups excluding tert-OH is 1. The summed E-state index contributed by atoms with van der Waals surface area (Å²) in [6, 6.07) is 0.